The summed E-state index contributed by atoms with van der Waals surface area (Å²) in [5, 5.41) is 5.09. The van der Waals surface area contributed by atoms with Crippen molar-refractivity contribution in [1.82, 2.24) is 4.57 Å². The van der Waals surface area contributed by atoms with E-state index in [2.05, 4.69) is 228 Å². The standard InChI is InChI=1S/C54H36N2S/c1-4-16-37(17-5-1)43-22-10-12-26-48(43)55(41-32-30-39(31-33-41)45-25-15-29-52-54(45)46-23-11-13-28-51(46)57-52)42-34-35-49-47(36-42)53-44(38-18-6-2-7-19-38)24-14-27-50(53)56(49)40-20-8-3-9-21-40/h1-36H. The third-order valence-electron chi connectivity index (χ3n) is 11.2. The number of benzene rings is 9. The lowest BCUT2D eigenvalue weighted by Crippen LogP contribution is -2.11. The largest absolute Gasteiger partial charge is 0.310 e. The van der Waals surface area contributed by atoms with Crippen molar-refractivity contribution >= 4 is 70.4 Å². The normalized spacial score (nSPS) is 11.5. The topological polar surface area (TPSA) is 8.17 Å². The van der Waals surface area contributed by atoms with Crippen LogP contribution in [-0.2, 0) is 0 Å². The number of aromatic nitrogens is 1. The molecule has 0 saturated heterocycles. The molecule has 0 radical (unpaired) electrons. The quantitative estimate of drug-likeness (QED) is 0.158. The summed E-state index contributed by atoms with van der Waals surface area (Å²) in [5.41, 5.74) is 14.1. The van der Waals surface area contributed by atoms with Crippen molar-refractivity contribution in [2.24, 2.45) is 0 Å². The van der Waals surface area contributed by atoms with Crippen molar-refractivity contribution in [2.45, 2.75) is 0 Å². The molecule has 0 unspecified atom stereocenters. The third-order valence-corrected chi connectivity index (χ3v) is 12.3. The molecule has 0 bridgehead atoms. The molecule has 9 aromatic carbocycles. The fourth-order valence-corrected chi connectivity index (χ4v) is 9.81. The molecule has 11 rings (SSSR count). The molecule has 0 aliphatic rings. The highest BCUT2D eigenvalue weighted by atomic mass is 32.1. The van der Waals surface area contributed by atoms with E-state index in [9.17, 15) is 0 Å². The second kappa shape index (κ2) is 13.8. The van der Waals surface area contributed by atoms with Crippen LogP contribution in [0.2, 0.25) is 0 Å². The molecular weight excluding hydrogens is 709 g/mol. The van der Waals surface area contributed by atoms with Crippen LogP contribution in [0.25, 0.3) is 81.0 Å². The lowest BCUT2D eigenvalue weighted by Gasteiger charge is -2.28. The molecule has 0 aliphatic carbocycles. The minimum atomic E-state index is 1.10. The second-order valence-electron chi connectivity index (χ2n) is 14.5. The molecule has 0 saturated carbocycles. The second-order valence-corrected chi connectivity index (χ2v) is 15.6. The SMILES string of the molecule is c1ccc(-c2ccccc2N(c2ccc(-c3cccc4sc5ccccc5c34)cc2)c2ccc3c(c2)c2c(-c4ccccc4)cccc2n3-c2ccccc2)cc1. The van der Waals surface area contributed by atoms with Gasteiger partial charge in [-0.05, 0) is 94.5 Å². The molecule has 57 heavy (non-hydrogen) atoms. The van der Waals surface area contributed by atoms with Gasteiger partial charge in [0.1, 0.15) is 0 Å². The Balaban J connectivity index is 1.15. The lowest BCUT2D eigenvalue weighted by molar-refractivity contribution is 1.18. The van der Waals surface area contributed by atoms with Crippen LogP contribution in [0.15, 0.2) is 218 Å². The molecule has 0 N–H and O–H groups in total. The number of anilines is 3. The van der Waals surface area contributed by atoms with Gasteiger partial charge < -0.3 is 9.47 Å². The van der Waals surface area contributed by atoms with Crippen LogP contribution in [0.1, 0.15) is 0 Å². The number of hydrogen-bond acceptors (Lipinski definition) is 2. The maximum absolute atomic E-state index is 2.43. The molecule has 0 fully saturated rings. The van der Waals surface area contributed by atoms with Gasteiger partial charge in [-0.2, -0.15) is 0 Å². The van der Waals surface area contributed by atoms with E-state index in [1.54, 1.807) is 0 Å². The molecule has 3 heteroatoms. The fourth-order valence-electron chi connectivity index (χ4n) is 8.67. The van der Waals surface area contributed by atoms with Crippen LogP contribution in [0.5, 0.6) is 0 Å². The maximum atomic E-state index is 2.43. The Bertz CT molecular complexity index is 3220. The monoisotopic (exact) mass is 744 g/mol. The number of rotatable bonds is 7. The zero-order valence-electron chi connectivity index (χ0n) is 31.1. The fraction of sp³-hybridized carbons (Fsp3) is 0. The van der Waals surface area contributed by atoms with Crippen LogP contribution >= 0.6 is 11.3 Å². The zero-order valence-corrected chi connectivity index (χ0v) is 31.9. The molecule has 2 aromatic heterocycles. The van der Waals surface area contributed by atoms with Crippen LogP contribution in [0.3, 0.4) is 0 Å². The summed E-state index contributed by atoms with van der Waals surface area (Å²) in [5.74, 6) is 0. The summed E-state index contributed by atoms with van der Waals surface area (Å²) in [6.07, 6.45) is 0. The Kier molecular flexibility index (Phi) is 8.04. The predicted molar refractivity (Wildman–Crippen MR) is 245 cm³/mol. The maximum Gasteiger partial charge on any atom is 0.0547 e. The molecule has 0 aliphatic heterocycles. The van der Waals surface area contributed by atoms with Crippen molar-refractivity contribution < 1.29 is 0 Å². The van der Waals surface area contributed by atoms with Gasteiger partial charge in [0.25, 0.3) is 0 Å². The van der Waals surface area contributed by atoms with Crippen molar-refractivity contribution in [3.05, 3.63) is 218 Å². The number of fused-ring (bicyclic) bond motifs is 6. The molecule has 0 atom stereocenters. The first-order chi connectivity index (χ1) is 28.3. The van der Waals surface area contributed by atoms with Gasteiger partial charge in [-0.1, -0.05) is 152 Å². The van der Waals surface area contributed by atoms with Gasteiger partial charge in [-0.25, -0.2) is 0 Å². The van der Waals surface area contributed by atoms with E-state index in [0.29, 0.717) is 0 Å². The van der Waals surface area contributed by atoms with Gasteiger partial charge in [-0.15, -0.1) is 11.3 Å². The van der Waals surface area contributed by atoms with Crippen molar-refractivity contribution in [3.8, 4) is 39.1 Å². The Morgan fingerprint density at radius 3 is 1.68 bits per heavy atom. The van der Waals surface area contributed by atoms with E-state index >= 15 is 0 Å². The number of hydrogen-bond donors (Lipinski definition) is 0. The van der Waals surface area contributed by atoms with Crippen molar-refractivity contribution in [3.63, 3.8) is 0 Å². The van der Waals surface area contributed by atoms with E-state index in [1.165, 1.54) is 75.4 Å². The highest BCUT2D eigenvalue weighted by Gasteiger charge is 2.22. The number of para-hydroxylation sites is 2. The van der Waals surface area contributed by atoms with E-state index in [0.717, 1.165) is 22.7 Å². The van der Waals surface area contributed by atoms with Gasteiger partial charge in [0, 0.05) is 53.6 Å². The van der Waals surface area contributed by atoms with E-state index in [-0.39, 0.29) is 0 Å². The molecule has 2 nitrogen and oxygen atoms in total. The van der Waals surface area contributed by atoms with Gasteiger partial charge in [-0.3, -0.25) is 0 Å². The average molecular weight is 745 g/mol. The summed E-state index contributed by atoms with van der Waals surface area (Å²) in [6, 6.07) is 79.3. The first-order valence-corrected chi connectivity index (χ1v) is 20.3. The first kappa shape index (κ1) is 33.2. The summed E-state index contributed by atoms with van der Waals surface area (Å²) in [6.45, 7) is 0. The van der Waals surface area contributed by atoms with Gasteiger partial charge in [0.15, 0.2) is 0 Å². The molecular formula is C54H36N2S. The highest BCUT2D eigenvalue weighted by molar-refractivity contribution is 7.25. The van der Waals surface area contributed by atoms with Gasteiger partial charge in [0.2, 0.25) is 0 Å². The van der Waals surface area contributed by atoms with Crippen LogP contribution in [-0.4, -0.2) is 4.57 Å². The van der Waals surface area contributed by atoms with Gasteiger partial charge in [0.05, 0.1) is 16.7 Å². The highest BCUT2D eigenvalue weighted by Crippen LogP contribution is 2.46. The van der Waals surface area contributed by atoms with Crippen LogP contribution < -0.4 is 4.90 Å². The predicted octanol–water partition coefficient (Wildman–Crippen LogP) is 15.6. The molecule has 0 spiro atoms. The minimum Gasteiger partial charge on any atom is -0.310 e. The zero-order chi connectivity index (χ0) is 37.7. The minimum absolute atomic E-state index is 1.10. The van der Waals surface area contributed by atoms with Crippen LogP contribution in [0, 0.1) is 0 Å². The van der Waals surface area contributed by atoms with E-state index in [1.807, 2.05) is 11.3 Å². The van der Waals surface area contributed by atoms with Crippen molar-refractivity contribution in [1.29, 1.82) is 0 Å². The Labute approximate surface area is 335 Å². The van der Waals surface area contributed by atoms with E-state index < -0.39 is 0 Å². The summed E-state index contributed by atoms with van der Waals surface area (Å²) < 4.78 is 5.04. The summed E-state index contributed by atoms with van der Waals surface area (Å²) >= 11 is 1.86. The third kappa shape index (κ3) is 5.63. The Morgan fingerprint density at radius 1 is 0.351 bits per heavy atom. The smallest absolute Gasteiger partial charge is 0.0547 e. The molecule has 2 heterocycles. The molecule has 11 aromatic rings. The average Bonchev–Trinajstić information content (AvgIpc) is 3.84. The lowest BCUT2D eigenvalue weighted by atomic mass is 9.98. The first-order valence-electron chi connectivity index (χ1n) is 19.4. The van der Waals surface area contributed by atoms with Crippen molar-refractivity contribution in [2.75, 3.05) is 4.90 Å². The summed E-state index contributed by atoms with van der Waals surface area (Å²) in [4.78, 5) is 2.43. The Morgan fingerprint density at radius 2 is 0.912 bits per heavy atom. The Hall–Kier alpha value is -7.20. The molecule has 268 valence electrons. The number of thiophene rings is 1. The van der Waals surface area contributed by atoms with Gasteiger partial charge >= 0.3 is 0 Å². The number of nitrogens with zero attached hydrogens (tertiary/aromatic N) is 2. The molecule has 0 amide bonds. The van der Waals surface area contributed by atoms with E-state index in [4.69, 9.17) is 0 Å². The summed E-state index contributed by atoms with van der Waals surface area (Å²) in [7, 11) is 0. The van der Waals surface area contributed by atoms with Crippen LogP contribution in [0.4, 0.5) is 17.1 Å².